The van der Waals surface area contributed by atoms with Gasteiger partial charge in [0.1, 0.15) is 12.4 Å². The van der Waals surface area contributed by atoms with Gasteiger partial charge >= 0.3 is 0 Å². The van der Waals surface area contributed by atoms with Gasteiger partial charge in [0.15, 0.2) is 0 Å². The van der Waals surface area contributed by atoms with E-state index in [2.05, 4.69) is 15.9 Å². The minimum Gasteiger partial charge on any atom is -0.489 e. The van der Waals surface area contributed by atoms with Gasteiger partial charge in [0.05, 0.1) is 10.6 Å². The van der Waals surface area contributed by atoms with E-state index in [0.717, 1.165) is 15.8 Å². The highest BCUT2D eigenvalue weighted by Gasteiger charge is 2.07. The Morgan fingerprint density at radius 1 is 1.57 bits per heavy atom. The molecule has 0 aliphatic carbocycles. The summed E-state index contributed by atoms with van der Waals surface area (Å²) in [5.41, 5.74) is 6.49. The molecule has 1 unspecified atom stereocenters. The second-order valence-corrected chi connectivity index (χ2v) is 3.95. The van der Waals surface area contributed by atoms with E-state index in [4.69, 9.17) is 15.6 Å². The molecule has 1 aromatic rings. The van der Waals surface area contributed by atoms with Gasteiger partial charge in [-0.25, -0.2) is 0 Å². The molecule has 4 heteroatoms. The Morgan fingerprint density at radius 2 is 2.29 bits per heavy atom. The van der Waals surface area contributed by atoms with Crippen molar-refractivity contribution in [3.8, 4) is 5.75 Å². The Bertz CT molecular complexity index is 302. The van der Waals surface area contributed by atoms with Crippen molar-refractivity contribution >= 4 is 15.9 Å². The molecule has 0 fully saturated rings. The minimum absolute atomic E-state index is 0.273. The first kappa shape index (κ1) is 11.5. The number of aliphatic hydroxyl groups excluding tert-OH is 1. The lowest BCUT2D eigenvalue weighted by molar-refractivity contribution is 0.121. The van der Waals surface area contributed by atoms with Crippen molar-refractivity contribution in [3.63, 3.8) is 0 Å². The van der Waals surface area contributed by atoms with Crippen molar-refractivity contribution in [2.45, 2.75) is 19.6 Å². The van der Waals surface area contributed by atoms with Crippen LogP contribution in [-0.2, 0) is 6.54 Å². The van der Waals surface area contributed by atoms with Gasteiger partial charge in [-0.05, 0) is 28.9 Å². The van der Waals surface area contributed by atoms with E-state index < -0.39 is 6.10 Å². The zero-order valence-electron chi connectivity index (χ0n) is 8.03. The second-order valence-electron chi connectivity index (χ2n) is 3.09. The van der Waals surface area contributed by atoms with Gasteiger partial charge in [0.2, 0.25) is 0 Å². The van der Waals surface area contributed by atoms with Crippen LogP contribution < -0.4 is 10.5 Å². The Kier molecular flexibility index (Phi) is 4.38. The standard InChI is InChI=1S/C10H14BrNO2/c1-7(13)6-14-10-8(5-12)3-2-4-9(10)11/h2-4,7,13H,5-6,12H2,1H3. The predicted octanol–water partition coefficient (Wildman–Crippen LogP) is 1.67. The highest BCUT2D eigenvalue weighted by atomic mass is 79.9. The van der Waals surface area contributed by atoms with Gasteiger partial charge in [-0.2, -0.15) is 0 Å². The summed E-state index contributed by atoms with van der Waals surface area (Å²) in [5, 5.41) is 9.10. The molecule has 0 aliphatic heterocycles. The fraction of sp³-hybridized carbons (Fsp3) is 0.400. The van der Waals surface area contributed by atoms with Crippen LogP contribution in [0.4, 0.5) is 0 Å². The summed E-state index contributed by atoms with van der Waals surface area (Å²) in [6.45, 7) is 2.38. The summed E-state index contributed by atoms with van der Waals surface area (Å²) in [7, 11) is 0. The fourth-order valence-corrected chi connectivity index (χ4v) is 1.60. The molecule has 0 amide bonds. The van der Waals surface area contributed by atoms with Gasteiger partial charge in [0.25, 0.3) is 0 Å². The Balaban J connectivity index is 2.82. The molecule has 1 rings (SSSR count). The van der Waals surface area contributed by atoms with Crippen molar-refractivity contribution in [1.82, 2.24) is 0 Å². The molecule has 0 heterocycles. The van der Waals surface area contributed by atoms with E-state index in [0.29, 0.717) is 6.54 Å². The van der Waals surface area contributed by atoms with E-state index in [1.165, 1.54) is 0 Å². The third-order valence-corrected chi connectivity index (χ3v) is 2.36. The molecular formula is C10H14BrNO2. The normalized spacial score (nSPS) is 12.6. The van der Waals surface area contributed by atoms with Crippen LogP contribution >= 0.6 is 15.9 Å². The Labute approximate surface area is 92.0 Å². The molecule has 0 saturated carbocycles. The van der Waals surface area contributed by atoms with Crippen molar-refractivity contribution < 1.29 is 9.84 Å². The number of nitrogens with two attached hydrogens (primary N) is 1. The fourth-order valence-electron chi connectivity index (χ4n) is 1.08. The number of hydrogen-bond donors (Lipinski definition) is 2. The zero-order chi connectivity index (χ0) is 10.6. The Morgan fingerprint density at radius 3 is 2.86 bits per heavy atom. The van der Waals surface area contributed by atoms with Crippen molar-refractivity contribution in [1.29, 1.82) is 0 Å². The topological polar surface area (TPSA) is 55.5 Å². The van der Waals surface area contributed by atoms with Crippen LogP contribution in [0.3, 0.4) is 0 Å². The van der Waals surface area contributed by atoms with Gasteiger partial charge in [-0.15, -0.1) is 0 Å². The first-order chi connectivity index (χ1) is 6.65. The van der Waals surface area contributed by atoms with E-state index >= 15 is 0 Å². The average molecular weight is 260 g/mol. The number of benzene rings is 1. The predicted molar refractivity (Wildman–Crippen MR) is 59.2 cm³/mol. The van der Waals surface area contributed by atoms with Crippen LogP contribution in [-0.4, -0.2) is 17.8 Å². The largest absolute Gasteiger partial charge is 0.489 e. The lowest BCUT2D eigenvalue weighted by atomic mass is 10.2. The maximum Gasteiger partial charge on any atom is 0.138 e. The minimum atomic E-state index is -0.479. The number of ether oxygens (including phenoxy) is 1. The highest BCUT2D eigenvalue weighted by molar-refractivity contribution is 9.10. The van der Waals surface area contributed by atoms with Crippen LogP contribution in [0, 0.1) is 0 Å². The summed E-state index contributed by atoms with van der Waals surface area (Å²) in [6, 6.07) is 5.69. The SMILES string of the molecule is CC(O)COc1c(Br)cccc1CN. The molecule has 0 saturated heterocycles. The molecule has 0 bridgehead atoms. The first-order valence-electron chi connectivity index (χ1n) is 4.43. The smallest absolute Gasteiger partial charge is 0.138 e. The summed E-state index contributed by atoms with van der Waals surface area (Å²) >= 11 is 3.38. The second kappa shape index (κ2) is 5.34. The van der Waals surface area contributed by atoms with E-state index in [9.17, 15) is 0 Å². The molecule has 0 spiro atoms. The molecule has 0 aromatic heterocycles. The van der Waals surface area contributed by atoms with Crippen molar-refractivity contribution in [3.05, 3.63) is 28.2 Å². The molecule has 78 valence electrons. The van der Waals surface area contributed by atoms with E-state index in [1.807, 2.05) is 18.2 Å². The quantitative estimate of drug-likeness (QED) is 0.865. The molecule has 14 heavy (non-hydrogen) atoms. The Hall–Kier alpha value is -0.580. The summed E-state index contributed by atoms with van der Waals surface area (Å²) in [5.74, 6) is 0.718. The third kappa shape index (κ3) is 2.97. The number of para-hydroxylation sites is 1. The van der Waals surface area contributed by atoms with E-state index in [1.54, 1.807) is 6.92 Å². The number of hydrogen-bond acceptors (Lipinski definition) is 3. The molecule has 3 N–H and O–H groups in total. The summed E-state index contributed by atoms with van der Waals surface area (Å²) in [6.07, 6.45) is -0.479. The van der Waals surface area contributed by atoms with Crippen LogP contribution in [0.2, 0.25) is 0 Å². The molecule has 0 radical (unpaired) electrons. The van der Waals surface area contributed by atoms with Crippen molar-refractivity contribution in [2.75, 3.05) is 6.61 Å². The van der Waals surface area contributed by atoms with E-state index in [-0.39, 0.29) is 6.61 Å². The first-order valence-corrected chi connectivity index (χ1v) is 5.22. The summed E-state index contributed by atoms with van der Waals surface area (Å²) in [4.78, 5) is 0. The average Bonchev–Trinajstić information content (AvgIpc) is 2.15. The molecular weight excluding hydrogens is 246 g/mol. The maximum absolute atomic E-state index is 9.10. The van der Waals surface area contributed by atoms with Gasteiger partial charge in [-0.1, -0.05) is 12.1 Å². The molecule has 1 atom stereocenters. The van der Waals surface area contributed by atoms with Crippen LogP contribution in [0.15, 0.2) is 22.7 Å². The monoisotopic (exact) mass is 259 g/mol. The van der Waals surface area contributed by atoms with Crippen LogP contribution in [0.5, 0.6) is 5.75 Å². The highest BCUT2D eigenvalue weighted by Crippen LogP contribution is 2.28. The van der Waals surface area contributed by atoms with Crippen molar-refractivity contribution in [2.24, 2.45) is 5.73 Å². The maximum atomic E-state index is 9.10. The molecule has 1 aromatic carbocycles. The van der Waals surface area contributed by atoms with Crippen LogP contribution in [0.25, 0.3) is 0 Å². The third-order valence-electron chi connectivity index (χ3n) is 1.74. The van der Waals surface area contributed by atoms with Gasteiger partial charge in [0, 0.05) is 12.1 Å². The lowest BCUT2D eigenvalue weighted by Crippen LogP contribution is -2.14. The number of halogens is 1. The van der Waals surface area contributed by atoms with Gasteiger partial charge < -0.3 is 15.6 Å². The molecule has 0 aliphatic rings. The lowest BCUT2D eigenvalue weighted by Gasteiger charge is -2.13. The summed E-state index contributed by atoms with van der Waals surface area (Å²) < 4.78 is 6.31. The number of aliphatic hydroxyl groups is 1. The molecule has 3 nitrogen and oxygen atoms in total. The van der Waals surface area contributed by atoms with Crippen LogP contribution in [0.1, 0.15) is 12.5 Å². The zero-order valence-corrected chi connectivity index (χ0v) is 9.62. The number of rotatable bonds is 4. The van der Waals surface area contributed by atoms with Gasteiger partial charge in [-0.3, -0.25) is 0 Å².